The Bertz CT molecular complexity index is 622. The van der Waals surface area contributed by atoms with Gasteiger partial charge in [0.2, 0.25) is 0 Å². The first-order chi connectivity index (χ1) is 9.36. The minimum absolute atomic E-state index is 0.290. The molecule has 0 saturated carbocycles. The predicted octanol–water partition coefficient (Wildman–Crippen LogP) is 3.33. The summed E-state index contributed by atoms with van der Waals surface area (Å²) in [5, 5.41) is 15.0. The number of halogens is 2. The maximum Gasteiger partial charge on any atom is 0.129 e. The Hall–Kier alpha value is -1.20. The van der Waals surface area contributed by atoms with Gasteiger partial charge in [0.25, 0.3) is 0 Å². The molecule has 0 aliphatic carbocycles. The summed E-state index contributed by atoms with van der Waals surface area (Å²) >= 11 is 3.52. The van der Waals surface area contributed by atoms with Crippen LogP contribution in [0.4, 0.5) is 4.39 Å². The number of aryl methyl sites for hydroxylation is 2. The van der Waals surface area contributed by atoms with Crippen LogP contribution in [0.5, 0.6) is 0 Å². The van der Waals surface area contributed by atoms with E-state index in [1.54, 1.807) is 29.8 Å². The van der Waals surface area contributed by atoms with Gasteiger partial charge in [-0.25, -0.2) is 4.39 Å². The van der Waals surface area contributed by atoms with Gasteiger partial charge in [-0.1, -0.05) is 25.1 Å². The molecule has 0 bridgehead atoms. The van der Waals surface area contributed by atoms with Crippen molar-refractivity contribution in [3.05, 3.63) is 51.5 Å². The fourth-order valence-electron chi connectivity index (χ4n) is 2.33. The summed E-state index contributed by atoms with van der Waals surface area (Å²) in [5.74, 6) is -0.397. The van der Waals surface area contributed by atoms with E-state index in [4.69, 9.17) is 0 Å². The molecular weight excluding hydrogens is 323 g/mol. The van der Waals surface area contributed by atoms with Crippen LogP contribution in [0.1, 0.15) is 30.8 Å². The molecule has 5 heteroatoms. The van der Waals surface area contributed by atoms with E-state index in [9.17, 15) is 9.50 Å². The van der Waals surface area contributed by atoms with Crippen LogP contribution in [-0.4, -0.2) is 14.9 Å². The van der Waals surface area contributed by atoms with Crippen LogP contribution in [0.15, 0.2) is 28.7 Å². The zero-order valence-electron chi connectivity index (χ0n) is 11.8. The number of benzene rings is 1. The highest BCUT2D eigenvalue weighted by Crippen LogP contribution is 2.31. The fourth-order valence-corrected chi connectivity index (χ4v) is 3.09. The van der Waals surface area contributed by atoms with Crippen LogP contribution in [0.3, 0.4) is 0 Å². The van der Waals surface area contributed by atoms with E-state index in [0.717, 1.165) is 22.3 Å². The highest BCUT2D eigenvalue weighted by Gasteiger charge is 2.29. The number of hydrogen-bond donors (Lipinski definition) is 1. The van der Waals surface area contributed by atoms with Crippen LogP contribution in [0, 0.1) is 5.82 Å². The monoisotopic (exact) mass is 340 g/mol. The van der Waals surface area contributed by atoms with Crippen molar-refractivity contribution in [2.75, 3.05) is 0 Å². The van der Waals surface area contributed by atoms with Gasteiger partial charge in [0.05, 0.1) is 21.5 Å². The summed E-state index contributed by atoms with van der Waals surface area (Å²) in [6, 6.07) is 6.31. The Kier molecular flexibility index (Phi) is 4.30. The van der Waals surface area contributed by atoms with E-state index in [1.807, 2.05) is 14.0 Å². The van der Waals surface area contributed by atoms with Crippen molar-refractivity contribution in [2.24, 2.45) is 7.05 Å². The van der Waals surface area contributed by atoms with E-state index in [1.165, 1.54) is 6.07 Å². The zero-order valence-corrected chi connectivity index (χ0v) is 13.4. The first kappa shape index (κ1) is 15.2. The van der Waals surface area contributed by atoms with Gasteiger partial charge < -0.3 is 5.11 Å². The molecule has 0 aliphatic rings. The summed E-state index contributed by atoms with van der Waals surface area (Å²) < 4.78 is 16.5. The first-order valence-corrected chi connectivity index (χ1v) is 7.33. The van der Waals surface area contributed by atoms with Crippen molar-refractivity contribution >= 4 is 15.9 Å². The van der Waals surface area contributed by atoms with Gasteiger partial charge in [0.1, 0.15) is 5.82 Å². The number of hydrogen-bond acceptors (Lipinski definition) is 2. The molecule has 0 aliphatic heterocycles. The van der Waals surface area contributed by atoms with Gasteiger partial charge in [-0.05, 0) is 35.3 Å². The van der Waals surface area contributed by atoms with Crippen molar-refractivity contribution in [1.82, 2.24) is 9.78 Å². The zero-order chi connectivity index (χ0) is 14.9. The third-order valence-corrected chi connectivity index (χ3v) is 4.38. The largest absolute Gasteiger partial charge is 0.385 e. The molecule has 108 valence electrons. The van der Waals surface area contributed by atoms with E-state index >= 15 is 0 Å². The summed E-state index contributed by atoms with van der Waals surface area (Å²) in [6.07, 6.45) is 1.09. The average Bonchev–Trinajstić information content (AvgIpc) is 2.66. The quantitative estimate of drug-likeness (QED) is 0.926. The minimum atomic E-state index is -1.29. The fraction of sp³-hybridized carbons (Fsp3) is 0.400. The van der Waals surface area contributed by atoms with Crippen molar-refractivity contribution in [1.29, 1.82) is 0 Å². The SMILES string of the molecule is CCc1nn(C)c(CC(C)(O)c2ccccc2F)c1Br. The molecule has 0 amide bonds. The number of rotatable bonds is 4. The molecule has 2 rings (SSSR count). The van der Waals surface area contributed by atoms with E-state index < -0.39 is 11.4 Å². The van der Waals surface area contributed by atoms with Gasteiger partial charge in [0, 0.05) is 19.0 Å². The lowest BCUT2D eigenvalue weighted by molar-refractivity contribution is 0.0516. The Morgan fingerprint density at radius 3 is 2.60 bits per heavy atom. The summed E-state index contributed by atoms with van der Waals surface area (Å²) in [6.45, 7) is 3.64. The topological polar surface area (TPSA) is 38.0 Å². The molecule has 2 aromatic rings. The standard InChI is InChI=1S/C15H18BrFN2O/c1-4-12-14(16)13(19(3)18-12)9-15(2,20)10-7-5-6-8-11(10)17/h5-8,20H,4,9H2,1-3H3. The lowest BCUT2D eigenvalue weighted by atomic mass is 9.90. The van der Waals surface area contributed by atoms with Crippen LogP contribution in [-0.2, 0) is 25.5 Å². The van der Waals surface area contributed by atoms with E-state index in [2.05, 4.69) is 21.0 Å². The van der Waals surface area contributed by atoms with E-state index in [0.29, 0.717) is 5.56 Å². The lowest BCUT2D eigenvalue weighted by Crippen LogP contribution is -2.27. The van der Waals surface area contributed by atoms with Gasteiger partial charge in [-0.3, -0.25) is 4.68 Å². The second-order valence-electron chi connectivity index (χ2n) is 5.12. The van der Waals surface area contributed by atoms with Gasteiger partial charge in [-0.15, -0.1) is 0 Å². The molecule has 1 N–H and O–H groups in total. The molecule has 1 unspecified atom stereocenters. The van der Waals surface area contributed by atoms with Crippen molar-refractivity contribution < 1.29 is 9.50 Å². The van der Waals surface area contributed by atoms with Crippen LogP contribution in [0.25, 0.3) is 0 Å². The second-order valence-corrected chi connectivity index (χ2v) is 5.91. The Balaban J connectivity index is 2.38. The predicted molar refractivity (Wildman–Crippen MR) is 80.0 cm³/mol. The van der Waals surface area contributed by atoms with Crippen molar-refractivity contribution in [3.8, 4) is 0 Å². The molecular formula is C15H18BrFN2O. The normalized spacial score (nSPS) is 14.3. The number of aromatic nitrogens is 2. The Morgan fingerprint density at radius 2 is 2.05 bits per heavy atom. The highest BCUT2D eigenvalue weighted by molar-refractivity contribution is 9.10. The molecule has 0 saturated heterocycles. The molecule has 0 fully saturated rings. The van der Waals surface area contributed by atoms with Crippen molar-refractivity contribution in [3.63, 3.8) is 0 Å². The lowest BCUT2D eigenvalue weighted by Gasteiger charge is -2.24. The molecule has 1 atom stereocenters. The summed E-state index contributed by atoms with van der Waals surface area (Å²) in [7, 11) is 1.83. The Morgan fingerprint density at radius 1 is 1.40 bits per heavy atom. The maximum atomic E-state index is 13.9. The summed E-state index contributed by atoms with van der Waals surface area (Å²) in [5.41, 5.74) is 0.806. The third-order valence-electron chi connectivity index (χ3n) is 3.47. The number of aliphatic hydroxyl groups is 1. The van der Waals surface area contributed by atoms with E-state index in [-0.39, 0.29) is 6.42 Å². The van der Waals surface area contributed by atoms with Crippen molar-refractivity contribution in [2.45, 2.75) is 32.3 Å². The van der Waals surface area contributed by atoms with Gasteiger partial charge in [-0.2, -0.15) is 5.10 Å². The minimum Gasteiger partial charge on any atom is -0.385 e. The van der Waals surface area contributed by atoms with Crippen LogP contribution >= 0.6 is 15.9 Å². The maximum absolute atomic E-state index is 13.9. The molecule has 0 spiro atoms. The van der Waals surface area contributed by atoms with Gasteiger partial charge in [0.15, 0.2) is 0 Å². The van der Waals surface area contributed by atoms with Crippen LogP contribution < -0.4 is 0 Å². The first-order valence-electron chi connectivity index (χ1n) is 6.54. The highest BCUT2D eigenvalue weighted by atomic mass is 79.9. The average molecular weight is 341 g/mol. The van der Waals surface area contributed by atoms with Gasteiger partial charge >= 0.3 is 0 Å². The third kappa shape index (κ3) is 2.79. The molecule has 0 radical (unpaired) electrons. The molecule has 3 nitrogen and oxygen atoms in total. The molecule has 1 aromatic heterocycles. The summed E-state index contributed by atoms with van der Waals surface area (Å²) in [4.78, 5) is 0. The Labute approximate surface area is 126 Å². The second kappa shape index (κ2) is 5.66. The molecule has 1 heterocycles. The number of nitrogens with zero attached hydrogens (tertiary/aromatic N) is 2. The molecule has 1 aromatic carbocycles. The molecule has 20 heavy (non-hydrogen) atoms. The van der Waals surface area contributed by atoms with Crippen LogP contribution in [0.2, 0.25) is 0 Å². The smallest absolute Gasteiger partial charge is 0.129 e.